The predicted octanol–water partition coefficient (Wildman–Crippen LogP) is 2.36. The Kier molecular flexibility index (Phi) is 5.16. The molecule has 0 aliphatic heterocycles. The van der Waals surface area contributed by atoms with Crippen LogP contribution in [0, 0.1) is 12.8 Å². The number of hydrogen-bond acceptors (Lipinski definition) is 3. The molecule has 1 amide bonds. The molecule has 1 aromatic heterocycles. The lowest BCUT2D eigenvalue weighted by atomic mass is 10.1. The number of carbonyl (C=O) groups is 2. The van der Waals surface area contributed by atoms with E-state index in [0.717, 1.165) is 11.3 Å². The summed E-state index contributed by atoms with van der Waals surface area (Å²) in [6, 6.07) is 7.00. The summed E-state index contributed by atoms with van der Waals surface area (Å²) in [5.74, 6) is -1.09. The van der Waals surface area contributed by atoms with Crippen molar-refractivity contribution in [3.05, 3.63) is 47.8 Å². The van der Waals surface area contributed by atoms with E-state index in [1.54, 1.807) is 35.1 Å². The average molecular weight is 315 g/mol. The summed E-state index contributed by atoms with van der Waals surface area (Å²) in [5, 5.41) is 13.2. The minimum absolute atomic E-state index is 0.199. The molecule has 6 nitrogen and oxygen atoms in total. The number of nitrogens with zero attached hydrogens (tertiary/aromatic N) is 3. The Hall–Kier alpha value is -2.63. The third-order valence-electron chi connectivity index (χ3n) is 3.29. The van der Waals surface area contributed by atoms with E-state index in [2.05, 4.69) is 5.10 Å². The molecule has 23 heavy (non-hydrogen) atoms. The van der Waals surface area contributed by atoms with Crippen LogP contribution in [0.5, 0.6) is 0 Å². The molecule has 0 radical (unpaired) electrons. The second kappa shape index (κ2) is 7.09. The molecule has 1 N–H and O–H groups in total. The molecule has 1 aromatic carbocycles. The lowest BCUT2D eigenvalue weighted by Crippen LogP contribution is -2.38. The fourth-order valence-electron chi connectivity index (χ4n) is 2.32. The van der Waals surface area contributed by atoms with Crippen molar-refractivity contribution in [3.63, 3.8) is 0 Å². The Labute approximate surface area is 135 Å². The molecular weight excluding hydrogens is 294 g/mol. The quantitative estimate of drug-likeness (QED) is 0.888. The zero-order valence-electron chi connectivity index (χ0n) is 13.6. The van der Waals surface area contributed by atoms with Crippen LogP contribution in [0.3, 0.4) is 0 Å². The molecule has 0 bridgehead atoms. The van der Waals surface area contributed by atoms with Crippen LogP contribution >= 0.6 is 0 Å². The van der Waals surface area contributed by atoms with Gasteiger partial charge in [0.2, 0.25) is 0 Å². The number of amides is 1. The number of rotatable bonds is 6. The van der Waals surface area contributed by atoms with Gasteiger partial charge >= 0.3 is 5.97 Å². The van der Waals surface area contributed by atoms with Gasteiger partial charge in [-0.3, -0.25) is 9.59 Å². The third kappa shape index (κ3) is 4.42. The van der Waals surface area contributed by atoms with Crippen LogP contribution in [0.2, 0.25) is 0 Å². The SMILES string of the molecule is Cc1cnn(-c2ccc(C(=O)N(CC(=O)O)CC(C)C)cc2)c1. The Bertz CT molecular complexity index is 689. The second-order valence-corrected chi connectivity index (χ2v) is 5.98. The van der Waals surface area contributed by atoms with E-state index in [1.807, 2.05) is 27.0 Å². The molecule has 2 rings (SSSR count). The largest absolute Gasteiger partial charge is 0.480 e. The van der Waals surface area contributed by atoms with Crippen molar-refractivity contribution in [2.24, 2.45) is 5.92 Å². The summed E-state index contributed by atoms with van der Waals surface area (Å²) in [5.41, 5.74) is 2.37. The molecule has 6 heteroatoms. The molecule has 0 unspecified atom stereocenters. The van der Waals surface area contributed by atoms with Gasteiger partial charge in [0, 0.05) is 18.3 Å². The maximum atomic E-state index is 12.5. The van der Waals surface area contributed by atoms with Crippen molar-refractivity contribution >= 4 is 11.9 Å². The highest BCUT2D eigenvalue weighted by molar-refractivity contribution is 5.96. The fraction of sp³-hybridized carbons (Fsp3) is 0.353. The number of carboxylic acid groups (broad SMARTS) is 1. The highest BCUT2D eigenvalue weighted by Gasteiger charge is 2.19. The van der Waals surface area contributed by atoms with Gasteiger partial charge in [0.15, 0.2) is 0 Å². The summed E-state index contributed by atoms with van der Waals surface area (Å²) >= 11 is 0. The van der Waals surface area contributed by atoms with Crippen molar-refractivity contribution in [1.82, 2.24) is 14.7 Å². The average Bonchev–Trinajstić information content (AvgIpc) is 2.91. The maximum Gasteiger partial charge on any atom is 0.323 e. The van der Waals surface area contributed by atoms with Gasteiger partial charge in [0.25, 0.3) is 5.91 Å². The lowest BCUT2D eigenvalue weighted by Gasteiger charge is -2.22. The zero-order valence-corrected chi connectivity index (χ0v) is 13.6. The van der Waals surface area contributed by atoms with Gasteiger partial charge in [-0.15, -0.1) is 0 Å². The van der Waals surface area contributed by atoms with Crippen LogP contribution in [0.1, 0.15) is 29.8 Å². The Balaban J connectivity index is 2.18. The van der Waals surface area contributed by atoms with Gasteiger partial charge in [-0.2, -0.15) is 5.10 Å². The van der Waals surface area contributed by atoms with Gasteiger partial charge in [-0.05, 0) is 42.7 Å². The van der Waals surface area contributed by atoms with Crippen LogP contribution in [-0.2, 0) is 4.79 Å². The van der Waals surface area contributed by atoms with E-state index in [0.29, 0.717) is 12.1 Å². The molecule has 0 fully saturated rings. The fourth-order valence-corrected chi connectivity index (χ4v) is 2.32. The van der Waals surface area contributed by atoms with E-state index in [4.69, 9.17) is 5.11 Å². The first-order valence-corrected chi connectivity index (χ1v) is 7.49. The summed E-state index contributed by atoms with van der Waals surface area (Å²) in [7, 11) is 0. The molecule has 0 aliphatic rings. The Morgan fingerprint density at radius 1 is 1.26 bits per heavy atom. The van der Waals surface area contributed by atoms with E-state index in [1.165, 1.54) is 4.90 Å². The monoisotopic (exact) mass is 315 g/mol. The van der Waals surface area contributed by atoms with Crippen LogP contribution in [0.25, 0.3) is 5.69 Å². The first-order valence-electron chi connectivity index (χ1n) is 7.49. The molecule has 0 saturated heterocycles. The van der Waals surface area contributed by atoms with Crippen molar-refractivity contribution in [2.45, 2.75) is 20.8 Å². The second-order valence-electron chi connectivity index (χ2n) is 5.98. The number of aromatic nitrogens is 2. The first-order chi connectivity index (χ1) is 10.9. The van der Waals surface area contributed by atoms with Crippen LogP contribution in [-0.4, -0.2) is 44.8 Å². The van der Waals surface area contributed by atoms with Gasteiger partial charge in [0.1, 0.15) is 6.54 Å². The summed E-state index contributed by atoms with van der Waals surface area (Å²) in [6.45, 7) is 5.97. The number of hydrogen-bond donors (Lipinski definition) is 1. The predicted molar refractivity (Wildman–Crippen MR) is 86.7 cm³/mol. The highest BCUT2D eigenvalue weighted by Crippen LogP contribution is 2.13. The van der Waals surface area contributed by atoms with Crippen molar-refractivity contribution in [2.75, 3.05) is 13.1 Å². The van der Waals surface area contributed by atoms with Gasteiger partial charge < -0.3 is 10.0 Å². The number of carboxylic acids is 1. The summed E-state index contributed by atoms with van der Waals surface area (Å²) in [6.07, 6.45) is 3.66. The van der Waals surface area contributed by atoms with E-state index < -0.39 is 5.97 Å². The standard InChI is InChI=1S/C17H21N3O3/c1-12(2)9-19(11-16(21)22)17(23)14-4-6-15(7-5-14)20-10-13(3)8-18-20/h4-8,10,12H,9,11H2,1-3H3,(H,21,22). The molecule has 0 atom stereocenters. The normalized spacial score (nSPS) is 10.8. The summed E-state index contributed by atoms with van der Waals surface area (Å²) < 4.78 is 1.73. The van der Waals surface area contributed by atoms with Crippen LogP contribution < -0.4 is 0 Å². The minimum atomic E-state index is -1.01. The zero-order chi connectivity index (χ0) is 17.0. The lowest BCUT2D eigenvalue weighted by molar-refractivity contribution is -0.137. The Morgan fingerprint density at radius 3 is 2.39 bits per heavy atom. The number of aryl methyl sites for hydroxylation is 1. The molecule has 122 valence electrons. The topological polar surface area (TPSA) is 75.4 Å². The van der Waals surface area contributed by atoms with Crippen LogP contribution in [0.15, 0.2) is 36.7 Å². The third-order valence-corrected chi connectivity index (χ3v) is 3.29. The van der Waals surface area contributed by atoms with Gasteiger partial charge in [-0.25, -0.2) is 4.68 Å². The van der Waals surface area contributed by atoms with E-state index in [9.17, 15) is 9.59 Å². The molecule has 0 spiro atoms. The van der Waals surface area contributed by atoms with Crippen LogP contribution in [0.4, 0.5) is 0 Å². The molecule has 2 aromatic rings. The summed E-state index contributed by atoms with van der Waals surface area (Å²) in [4.78, 5) is 24.8. The Morgan fingerprint density at radius 2 is 1.91 bits per heavy atom. The molecule has 0 saturated carbocycles. The minimum Gasteiger partial charge on any atom is -0.480 e. The highest BCUT2D eigenvalue weighted by atomic mass is 16.4. The molecule has 0 aliphatic carbocycles. The van der Waals surface area contributed by atoms with E-state index >= 15 is 0 Å². The van der Waals surface area contributed by atoms with E-state index in [-0.39, 0.29) is 18.4 Å². The van der Waals surface area contributed by atoms with Crippen molar-refractivity contribution in [1.29, 1.82) is 0 Å². The number of carbonyl (C=O) groups excluding carboxylic acids is 1. The van der Waals surface area contributed by atoms with Crippen molar-refractivity contribution < 1.29 is 14.7 Å². The number of aliphatic carboxylic acids is 1. The van der Waals surface area contributed by atoms with Gasteiger partial charge in [-0.1, -0.05) is 13.8 Å². The molecule has 1 heterocycles. The van der Waals surface area contributed by atoms with Gasteiger partial charge in [0.05, 0.1) is 11.9 Å². The smallest absolute Gasteiger partial charge is 0.323 e. The number of benzene rings is 1. The first kappa shape index (κ1) is 16.7. The van der Waals surface area contributed by atoms with Crippen molar-refractivity contribution in [3.8, 4) is 5.69 Å². The maximum absolute atomic E-state index is 12.5. The molecular formula is C17H21N3O3.